The molecular weight excluding hydrogens is 226 g/mol. The molecule has 1 atom stereocenters. The third-order valence-corrected chi connectivity index (χ3v) is 8.14. The maximum Gasteiger partial charge on any atom is 0.0679 e. The molecule has 0 aliphatic carbocycles. The zero-order chi connectivity index (χ0) is 12.8. The first-order valence-electron chi connectivity index (χ1n) is 6.59. The Morgan fingerprint density at radius 2 is 1.75 bits per heavy atom. The highest BCUT2D eigenvalue weighted by atomic mass is 28.3. The smallest absolute Gasteiger partial charge is 0.0679 e. The fourth-order valence-electron chi connectivity index (χ4n) is 1.82. The molecule has 0 aromatic carbocycles. The predicted molar refractivity (Wildman–Crippen MR) is 82.8 cm³/mol. The van der Waals surface area contributed by atoms with Crippen molar-refractivity contribution >= 4 is 17.6 Å². The summed E-state index contributed by atoms with van der Waals surface area (Å²) >= 11 is 0. The Balaban J connectivity index is 4.10. The van der Waals surface area contributed by atoms with Crippen LogP contribution in [0.5, 0.6) is 0 Å². The van der Waals surface area contributed by atoms with E-state index in [1.54, 1.807) is 0 Å². The van der Waals surface area contributed by atoms with E-state index in [0.29, 0.717) is 5.04 Å². The number of hydrogen-bond acceptors (Lipinski definition) is 1. The summed E-state index contributed by atoms with van der Waals surface area (Å²) in [5.41, 5.74) is 4.08. The van der Waals surface area contributed by atoms with E-state index in [2.05, 4.69) is 58.7 Å². The van der Waals surface area contributed by atoms with Crippen LogP contribution in [0, 0.1) is 0 Å². The Hall–Kier alpha value is 0.134. The molecule has 0 saturated carbocycles. The molecule has 0 heterocycles. The molecule has 0 rings (SSSR count). The highest BCUT2D eigenvalue weighted by Crippen LogP contribution is 2.30. The first-order valence-corrected chi connectivity index (χ1v) is 11.8. The van der Waals surface area contributed by atoms with Gasteiger partial charge in [0.15, 0.2) is 0 Å². The summed E-state index contributed by atoms with van der Waals surface area (Å²) in [7, 11) is -1.17. The van der Waals surface area contributed by atoms with Crippen molar-refractivity contribution < 1.29 is 0 Å². The average molecular weight is 258 g/mol. The second-order valence-corrected chi connectivity index (χ2v) is 13.7. The Morgan fingerprint density at radius 3 is 2.12 bits per heavy atom. The highest BCUT2D eigenvalue weighted by Gasteiger charge is 2.23. The zero-order valence-electron chi connectivity index (χ0n) is 12.4. The van der Waals surface area contributed by atoms with Crippen LogP contribution in [0.4, 0.5) is 0 Å². The first-order chi connectivity index (χ1) is 7.23. The molecule has 0 aromatic heterocycles. The molecule has 1 nitrogen and oxygen atoms in total. The van der Waals surface area contributed by atoms with E-state index in [4.69, 9.17) is 0 Å². The lowest BCUT2D eigenvalue weighted by Crippen LogP contribution is -2.32. The normalized spacial score (nSPS) is 14.0. The number of allylic oxidation sites excluding steroid dienone is 1. The largest absolute Gasteiger partial charge is 0.320 e. The van der Waals surface area contributed by atoms with E-state index < -0.39 is 17.6 Å². The van der Waals surface area contributed by atoms with Crippen LogP contribution in [-0.4, -0.2) is 30.3 Å². The fourth-order valence-corrected chi connectivity index (χ4v) is 5.45. The molecule has 1 N–H and O–H groups in total. The van der Waals surface area contributed by atoms with Crippen molar-refractivity contribution in [3.05, 3.63) is 11.3 Å². The minimum Gasteiger partial charge on any atom is -0.320 e. The summed E-state index contributed by atoms with van der Waals surface area (Å²) in [6.07, 6.45) is 1.29. The Labute approximate surface area is 106 Å². The van der Waals surface area contributed by atoms with Crippen molar-refractivity contribution in [2.24, 2.45) is 0 Å². The average Bonchev–Trinajstić information content (AvgIpc) is 2.07. The van der Waals surface area contributed by atoms with E-state index in [-0.39, 0.29) is 0 Å². The maximum atomic E-state index is 3.63. The van der Waals surface area contributed by atoms with E-state index in [1.807, 2.05) is 0 Å². The summed E-state index contributed by atoms with van der Waals surface area (Å²) in [5.74, 6) is 0. The van der Waals surface area contributed by atoms with Crippen LogP contribution in [0.25, 0.3) is 0 Å². The molecule has 0 spiro atoms. The minimum atomic E-state index is -0.752. The molecule has 0 radical (unpaired) electrons. The van der Waals surface area contributed by atoms with Gasteiger partial charge >= 0.3 is 0 Å². The monoisotopic (exact) mass is 257 g/mol. The Bertz CT molecular complexity index is 212. The molecule has 0 aliphatic rings. The van der Waals surface area contributed by atoms with E-state index in [9.17, 15) is 0 Å². The summed E-state index contributed by atoms with van der Waals surface area (Å²) in [6.45, 7) is 17.7. The lowest BCUT2D eigenvalue weighted by molar-refractivity contribution is 0.723. The van der Waals surface area contributed by atoms with Gasteiger partial charge in [0.1, 0.15) is 0 Å². The summed E-state index contributed by atoms with van der Waals surface area (Å²) in [4.78, 5) is 0. The fraction of sp³-hybridized carbons (Fsp3) is 0.846. The van der Waals surface area contributed by atoms with Crippen molar-refractivity contribution in [3.63, 3.8) is 0 Å². The van der Waals surface area contributed by atoms with Crippen LogP contribution in [0.15, 0.2) is 11.3 Å². The van der Waals surface area contributed by atoms with Gasteiger partial charge in [0, 0.05) is 8.80 Å². The summed E-state index contributed by atoms with van der Waals surface area (Å²) in [6, 6.07) is 1.40. The van der Waals surface area contributed by atoms with Crippen LogP contribution in [0.1, 0.15) is 34.6 Å². The van der Waals surface area contributed by atoms with Gasteiger partial charge in [-0.3, -0.25) is 0 Å². The minimum absolute atomic E-state index is 0.415. The molecule has 3 heteroatoms. The quantitative estimate of drug-likeness (QED) is 0.569. The highest BCUT2D eigenvalue weighted by molar-refractivity contribution is 6.67. The van der Waals surface area contributed by atoms with Gasteiger partial charge in [-0.25, -0.2) is 0 Å². The molecule has 96 valence electrons. The van der Waals surface area contributed by atoms with Crippen molar-refractivity contribution in [1.82, 2.24) is 5.32 Å². The first kappa shape index (κ1) is 16.1. The van der Waals surface area contributed by atoms with E-state index in [0.717, 1.165) is 0 Å². The van der Waals surface area contributed by atoms with Crippen LogP contribution < -0.4 is 5.32 Å². The van der Waals surface area contributed by atoms with Gasteiger partial charge in [-0.1, -0.05) is 45.1 Å². The SMILES string of the molecule is CC(C)=C[SiH](CCNC[SiH](C)C)C(C)(C)C. The summed E-state index contributed by atoms with van der Waals surface area (Å²) in [5, 5.41) is 4.15. The molecule has 0 fully saturated rings. The van der Waals surface area contributed by atoms with Crippen LogP contribution in [-0.2, 0) is 0 Å². The van der Waals surface area contributed by atoms with Crippen LogP contribution in [0.3, 0.4) is 0 Å². The molecular formula is C13H31NSi2. The lowest BCUT2D eigenvalue weighted by atomic mass is 10.2. The number of nitrogens with one attached hydrogen (secondary N) is 1. The van der Waals surface area contributed by atoms with Crippen molar-refractivity contribution in [1.29, 1.82) is 0 Å². The van der Waals surface area contributed by atoms with Crippen LogP contribution >= 0.6 is 0 Å². The molecule has 0 aliphatic heterocycles. The lowest BCUT2D eigenvalue weighted by Gasteiger charge is -2.27. The van der Waals surface area contributed by atoms with Gasteiger partial charge in [-0.2, -0.15) is 0 Å². The van der Waals surface area contributed by atoms with Gasteiger partial charge in [-0.05, 0) is 37.6 Å². The third kappa shape index (κ3) is 8.30. The standard InChI is InChI=1S/C13H31NSi2/c1-12(2)10-16(13(3,4)5)9-8-14-11-15(6)7/h10,14-16H,8-9,11H2,1-7H3. The van der Waals surface area contributed by atoms with E-state index in [1.165, 1.54) is 24.3 Å². The van der Waals surface area contributed by atoms with Crippen LogP contribution in [0.2, 0.25) is 24.2 Å². The third-order valence-electron chi connectivity index (χ3n) is 2.83. The molecule has 0 saturated heterocycles. The molecule has 0 aromatic rings. The van der Waals surface area contributed by atoms with Gasteiger partial charge in [0.2, 0.25) is 0 Å². The zero-order valence-corrected chi connectivity index (χ0v) is 14.7. The van der Waals surface area contributed by atoms with Crippen molar-refractivity contribution in [2.45, 2.75) is 58.8 Å². The van der Waals surface area contributed by atoms with Gasteiger partial charge in [0.25, 0.3) is 0 Å². The van der Waals surface area contributed by atoms with Gasteiger partial charge in [0.05, 0.1) is 8.80 Å². The molecule has 0 bridgehead atoms. The number of rotatable bonds is 6. The Kier molecular flexibility index (Phi) is 7.52. The van der Waals surface area contributed by atoms with Crippen molar-refractivity contribution in [2.75, 3.05) is 12.7 Å². The van der Waals surface area contributed by atoms with E-state index >= 15 is 0 Å². The second-order valence-electron chi connectivity index (χ2n) is 6.60. The topological polar surface area (TPSA) is 12.0 Å². The van der Waals surface area contributed by atoms with Gasteiger partial charge < -0.3 is 5.32 Å². The second kappa shape index (κ2) is 7.46. The molecule has 16 heavy (non-hydrogen) atoms. The van der Waals surface area contributed by atoms with Crippen molar-refractivity contribution in [3.8, 4) is 0 Å². The number of hydrogen-bond donors (Lipinski definition) is 1. The molecule has 0 amide bonds. The summed E-state index contributed by atoms with van der Waals surface area (Å²) < 4.78 is 0. The predicted octanol–water partition coefficient (Wildman–Crippen LogP) is 3.13. The Morgan fingerprint density at radius 1 is 1.19 bits per heavy atom. The maximum absolute atomic E-state index is 3.63. The van der Waals surface area contributed by atoms with Gasteiger partial charge in [-0.15, -0.1) is 0 Å². The molecule has 1 unspecified atom stereocenters.